The maximum Gasteiger partial charge on any atom is 0.241 e. The second-order valence-corrected chi connectivity index (χ2v) is 3.76. The molecule has 0 saturated heterocycles. The minimum Gasteiger partial charge on any atom is -0.341 e. The van der Waals surface area contributed by atoms with Gasteiger partial charge in [-0.2, -0.15) is 5.26 Å². The Labute approximate surface area is 84.5 Å². The predicted octanol–water partition coefficient (Wildman–Crippen LogP) is 1.21. The third kappa shape index (κ3) is 1.88. The highest BCUT2D eigenvalue weighted by Gasteiger charge is 2.41. The van der Waals surface area contributed by atoms with Gasteiger partial charge in [0.15, 0.2) is 0 Å². The molecule has 1 N–H and O–H groups in total. The second-order valence-electron chi connectivity index (χ2n) is 3.76. The molecule has 0 aromatic heterocycles. The molecular formula is C11H14N2O. The molecule has 0 aromatic rings. The maximum atomic E-state index is 11.7. The number of carbonyl (C=O) groups is 1. The first kappa shape index (κ1) is 10.6. The van der Waals surface area contributed by atoms with E-state index in [0.717, 1.165) is 12.8 Å². The first-order valence-corrected chi connectivity index (χ1v) is 4.83. The second kappa shape index (κ2) is 4.15. The number of terminal acetylenes is 1. The van der Waals surface area contributed by atoms with Crippen molar-refractivity contribution in [3.8, 4) is 18.4 Å². The van der Waals surface area contributed by atoms with Crippen LogP contribution in [-0.2, 0) is 4.79 Å². The Morgan fingerprint density at radius 1 is 1.57 bits per heavy atom. The van der Waals surface area contributed by atoms with Crippen molar-refractivity contribution in [2.75, 3.05) is 0 Å². The van der Waals surface area contributed by atoms with E-state index in [1.807, 2.05) is 0 Å². The third-order valence-electron chi connectivity index (χ3n) is 2.70. The van der Waals surface area contributed by atoms with Crippen LogP contribution in [0, 0.1) is 29.1 Å². The molecule has 1 rings (SSSR count). The van der Waals surface area contributed by atoms with Gasteiger partial charge in [0.25, 0.3) is 0 Å². The van der Waals surface area contributed by atoms with Crippen molar-refractivity contribution < 1.29 is 4.79 Å². The molecule has 1 fully saturated rings. The fourth-order valence-electron chi connectivity index (χ4n) is 1.74. The number of carbonyl (C=O) groups excluding carboxylic acids is 1. The van der Waals surface area contributed by atoms with Crippen molar-refractivity contribution in [3.05, 3.63) is 0 Å². The summed E-state index contributed by atoms with van der Waals surface area (Å²) in [5.74, 6) is 2.21. The maximum absolute atomic E-state index is 11.7. The van der Waals surface area contributed by atoms with Crippen molar-refractivity contribution in [2.45, 2.75) is 38.6 Å². The standard InChI is InChI=1S/C11H14N2O/c1-3-9(2)13-10(14)11(8-12)6-4-5-7-11/h1,9H,4-7H2,2H3,(H,13,14). The number of nitriles is 1. The number of nitrogens with zero attached hydrogens (tertiary/aromatic N) is 1. The smallest absolute Gasteiger partial charge is 0.241 e. The van der Waals surface area contributed by atoms with E-state index in [4.69, 9.17) is 11.7 Å². The van der Waals surface area contributed by atoms with Crippen molar-refractivity contribution in [1.82, 2.24) is 5.32 Å². The molecule has 1 aliphatic carbocycles. The number of amides is 1. The van der Waals surface area contributed by atoms with Gasteiger partial charge in [-0.05, 0) is 19.8 Å². The normalized spacial score (nSPS) is 20.5. The molecule has 0 heterocycles. The van der Waals surface area contributed by atoms with E-state index >= 15 is 0 Å². The molecule has 0 aliphatic heterocycles. The lowest BCUT2D eigenvalue weighted by Crippen LogP contribution is -2.42. The zero-order valence-corrected chi connectivity index (χ0v) is 8.34. The zero-order chi connectivity index (χ0) is 10.6. The lowest BCUT2D eigenvalue weighted by molar-refractivity contribution is -0.128. The average molecular weight is 190 g/mol. The molecule has 0 aromatic carbocycles. The summed E-state index contributed by atoms with van der Waals surface area (Å²) >= 11 is 0. The molecule has 3 heteroatoms. The summed E-state index contributed by atoms with van der Waals surface area (Å²) in [6, 6.07) is 1.83. The van der Waals surface area contributed by atoms with Gasteiger partial charge in [-0.15, -0.1) is 6.42 Å². The van der Waals surface area contributed by atoms with E-state index in [1.54, 1.807) is 6.92 Å². The van der Waals surface area contributed by atoms with Crippen LogP contribution in [0.3, 0.4) is 0 Å². The molecule has 3 nitrogen and oxygen atoms in total. The summed E-state index contributed by atoms with van der Waals surface area (Å²) in [7, 11) is 0. The van der Waals surface area contributed by atoms with Crippen LogP contribution in [0.1, 0.15) is 32.6 Å². The Hall–Kier alpha value is -1.48. The third-order valence-corrected chi connectivity index (χ3v) is 2.70. The number of hydrogen-bond acceptors (Lipinski definition) is 2. The van der Waals surface area contributed by atoms with Crippen LogP contribution in [0.15, 0.2) is 0 Å². The van der Waals surface area contributed by atoms with Gasteiger partial charge in [0.1, 0.15) is 5.41 Å². The molecule has 0 radical (unpaired) electrons. The first-order valence-electron chi connectivity index (χ1n) is 4.83. The van der Waals surface area contributed by atoms with E-state index in [-0.39, 0.29) is 11.9 Å². The average Bonchev–Trinajstić information content (AvgIpc) is 2.67. The molecule has 1 aliphatic rings. The van der Waals surface area contributed by atoms with Gasteiger partial charge in [-0.1, -0.05) is 18.8 Å². The zero-order valence-electron chi connectivity index (χ0n) is 8.34. The van der Waals surface area contributed by atoms with E-state index in [0.29, 0.717) is 12.8 Å². The minimum absolute atomic E-state index is 0.206. The van der Waals surface area contributed by atoms with Gasteiger partial charge >= 0.3 is 0 Å². The van der Waals surface area contributed by atoms with Crippen molar-refractivity contribution in [1.29, 1.82) is 5.26 Å². The Bertz CT molecular complexity index is 302. The lowest BCUT2D eigenvalue weighted by Gasteiger charge is -2.20. The molecule has 1 saturated carbocycles. The summed E-state index contributed by atoms with van der Waals surface area (Å²) in [6.45, 7) is 1.73. The largest absolute Gasteiger partial charge is 0.341 e. The highest BCUT2D eigenvalue weighted by atomic mass is 16.2. The molecule has 14 heavy (non-hydrogen) atoms. The molecule has 74 valence electrons. The van der Waals surface area contributed by atoms with Gasteiger partial charge in [-0.25, -0.2) is 0 Å². The summed E-state index contributed by atoms with van der Waals surface area (Å²) in [5, 5.41) is 11.7. The van der Waals surface area contributed by atoms with Crippen LogP contribution in [0.5, 0.6) is 0 Å². The van der Waals surface area contributed by atoms with Gasteiger partial charge in [-0.3, -0.25) is 4.79 Å². The van der Waals surface area contributed by atoms with Crippen LogP contribution in [0.2, 0.25) is 0 Å². The van der Waals surface area contributed by atoms with Gasteiger partial charge in [0, 0.05) is 0 Å². The Morgan fingerprint density at radius 2 is 2.14 bits per heavy atom. The Morgan fingerprint density at radius 3 is 2.57 bits per heavy atom. The quantitative estimate of drug-likeness (QED) is 0.665. The number of rotatable bonds is 2. The van der Waals surface area contributed by atoms with E-state index in [1.165, 1.54) is 0 Å². The predicted molar refractivity (Wildman–Crippen MR) is 53.0 cm³/mol. The molecule has 0 spiro atoms. The van der Waals surface area contributed by atoms with Gasteiger partial charge < -0.3 is 5.32 Å². The highest BCUT2D eigenvalue weighted by Crippen LogP contribution is 2.37. The Balaban J connectivity index is 2.68. The number of nitrogens with one attached hydrogen (secondary N) is 1. The van der Waals surface area contributed by atoms with Crippen LogP contribution >= 0.6 is 0 Å². The number of hydrogen-bond donors (Lipinski definition) is 1. The van der Waals surface area contributed by atoms with E-state index in [9.17, 15) is 4.79 Å². The van der Waals surface area contributed by atoms with Crippen LogP contribution in [0.4, 0.5) is 0 Å². The molecule has 1 atom stereocenters. The van der Waals surface area contributed by atoms with E-state index < -0.39 is 5.41 Å². The first-order chi connectivity index (χ1) is 6.64. The fourth-order valence-corrected chi connectivity index (χ4v) is 1.74. The molecule has 1 unspecified atom stereocenters. The van der Waals surface area contributed by atoms with Crippen molar-refractivity contribution >= 4 is 5.91 Å². The van der Waals surface area contributed by atoms with Gasteiger partial charge in [0.05, 0.1) is 12.1 Å². The minimum atomic E-state index is -0.814. The van der Waals surface area contributed by atoms with Crippen LogP contribution < -0.4 is 5.32 Å². The van der Waals surface area contributed by atoms with Crippen LogP contribution in [-0.4, -0.2) is 11.9 Å². The SMILES string of the molecule is C#CC(C)NC(=O)C1(C#N)CCCC1. The molecule has 0 bridgehead atoms. The summed E-state index contributed by atoms with van der Waals surface area (Å²) in [5.41, 5.74) is -0.814. The summed E-state index contributed by atoms with van der Waals surface area (Å²) < 4.78 is 0. The highest BCUT2D eigenvalue weighted by molar-refractivity contribution is 5.86. The summed E-state index contributed by atoms with van der Waals surface area (Å²) in [4.78, 5) is 11.7. The van der Waals surface area contributed by atoms with Crippen molar-refractivity contribution in [2.24, 2.45) is 5.41 Å². The molecular weight excluding hydrogens is 176 g/mol. The van der Waals surface area contributed by atoms with E-state index in [2.05, 4.69) is 17.3 Å². The topological polar surface area (TPSA) is 52.9 Å². The molecule has 1 amide bonds. The fraction of sp³-hybridized carbons (Fsp3) is 0.636. The summed E-state index contributed by atoms with van der Waals surface area (Å²) in [6.07, 6.45) is 8.37. The van der Waals surface area contributed by atoms with Crippen LogP contribution in [0.25, 0.3) is 0 Å². The van der Waals surface area contributed by atoms with Gasteiger partial charge in [0.2, 0.25) is 5.91 Å². The van der Waals surface area contributed by atoms with Crippen molar-refractivity contribution in [3.63, 3.8) is 0 Å². The lowest BCUT2D eigenvalue weighted by atomic mass is 9.87. The monoisotopic (exact) mass is 190 g/mol. The Kier molecular flexibility index (Phi) is 3.14.